The molecule has 0 aromatic rings. The number of carbonyl (C=O) groups is 3. The zero-order chi connectivity index (χ0) is 50.0. The molecular weight excluding hydrogens is 853 g/mol. The summed E-state index contributed by atoms with van der Waals surface area (Å²) in [5.74, 6) is -0.934. The van der Waals surface area contributed by atoms with Crippen LogP contribution in [-0.4, -0.2) is 37.2 Å². The Morgan fingerprint density at radius 2 is 0.565 bits per heavy atom. The monoisotopic (exact) mass is 963 g/mol. The van der Waals surface area contributed by atoms with Crippen molar-refractivity contribution in [2.45, 2.75) is 297 Å². The Hall–Kier alpha value is -3.15. The lowest BCUT2D eigenvalue weighted by molar-refractivity contribution is -0.167. The highest BCUT2D eigenvalue weighted by Crippen LogP contribution is 2.15. The predicted octanol–water partition coefficient (Wildman–Crippen LogP) is 19.8. The first-order valence-corrected chi connectivity index (χ1v) is 29.4. The van der Waals surface area contributed by atoms with Gasteiger partial charge in [-0.2, -0.15) is 0 Å². The molecule has 6 nitrogen and oxygen atoms in total. The van der Waals surface area contributed by atoms with E-state index in [0.29, 0.717) is 19.3 Å². The molecule has 0 saturated heterocycles. The minimum atomic E-state index is -0.796. The number of hydrogen-bond donors (Lipinski definition) is 0. The quantitative estimate of drug-likeness (QED) is 0.0262. The standard InChI is InChI=1S/C63H110O6/c1-4-7-10-13-16-19-22-25-28-29-30-31-32-33-36-39-42-45-48-51-54-57-63(66)69-60(58-67-61(64)55-52-49-46-43-40-37-34-26-23-20-17-14-11-8-5-2)59-68-62(65)56-53-50-47-44-41-38-35-27-24-21-18-15-12-9-6-3/h8,11,17,20,25-28,34-35,40,43,60H,4-7,9-10,12-16,18-19,21-24,29-33,36-39,41-42,44-59H2,1-3H3/b11-8-,20-17-,28-25-,34-26-,35-27-,43-40-/t60-/m1/s1. The van der Waals surface area contributed by atoms with Crippen LogP contribution in [0.1, 0.15) is 290 Å². The van der Waals surface area contributed by atoms with Crippen LogP contribution in [0.25, 0.3) is 0 Å². The van der Waals surface area contributed by atoms with Gasteiger partial charge >= 0.3 is 17.9 Å². The summed E-state index contributed by atoms with van der Waals surface area (Å²) < 4.78 is 16.8. The third kappa shape index (κ3) is 55.6. The van der Waals surface area contributed by atoms with Crippen LogP contribution in [0, 0.1) is 0 Å². The molecule has 0 aromatic heterocycles. The number of ether oxygens (including phenoxy) is 3. The molecule has 0 spiro atoms. The van der Waals surface area contributed by atoms with E-state index in [2.05, 4.69) is 93.7 Å². The van der Waals surface area contributed by atoms with Crippen molar-refractivity contribution in [3.8, 4) is 0 Å². The number of carbonyl (C=O) groups excluding carboxylic acids is 3. The summed E-state index contributed by atoms with van der Waals surface area (Å²) in [6.45, 7) is 6.50. The van der Waals surface area contributed by atoms with Gasteiger partial charge in [0, 0.05) is 19.3 Å². The number of esters is 3. The van der Waals surface area contributed by atoms with Gasteiger partial charge in [-0.3, -0.25) is 14.4 Å². The highest BCUT2D eigenvalue weighted by molar-refractivity contribution is 5.71. The van der Waals surface area contributed by atoms with Crippen LogP contribution >= 0.6 is 0 Å². The second kappa shape index (κ2) is 57.4. The third-order valence-corrected chi connectivity index (χ3v) is 12.7. The lowest BCUT2D eigenvalue weighted by Crippen LogP contribution is -2.30. The van der Waals surface area contributed by atoms with E-state index in [1.54, 1.807) is 0 Å². The van der Waals surface area contributed by atoms with E-state index >= 15 is 0 Å². The van der Waals surface area contributed by atoms with Gasteiger partial charge in [0.1, 0.15) is 13.2 Å². The van der Waals surface area contributed by atoms with Crippen molar-refractivity contribution in [2.75, 3.05) is 13.2 Å². The molecule has 0 aliphatic rings. The molecule has 69 heavy (non-hydrogen) atoms. The van der Waals surface area contributed by atoms with E-state index in [1.165, 1.54) is 161 Å². The number of rotatable bonds is 53. The van der Waals surface area contributed by atoms with Crippen molar-refractivity contribution < 1.29 is 28.6 Å². The lowest BCUT2D eigenvalue weighted by Gasteiger charge is -2.18. The molecule has 0 N–H and O–H groups in total. The van der Waals surface area contributed by atoms with Gasteiger partial charge in [0.25, 0.3) is 0 Å². The molecule has 398 valence electrons. The largest absolute Gasteiger partial charge is 0.462 e. The summed E-state index contributed by atoms with van der Waals surface area (Å²) in [6.07, 6.45) is 73.3. The van der Waals surface area contributed by atoms with Crippen LogP contribution in [0.15, 0.2) is 72.9 Å². The van der Waals surface area contributed by atoms with Gasteiger partial charge in [0.2, 0.25) is 0 Å². The summed E-state index contributed by atoms with van der Waals surface area (Å²) >= 11 is 0. The summed E-state index contributed by atoms with van der Waals surface area (Å²) in [7, 11) is 0. The average Bonchev–Trinajstić information content (AvgIpc) is 3.35. The highest BCUT2D eigenvalue weighted by atomic mass is 16.6. The number of unbranched alkanes of at least 4 members (excludes halogenated alkanes) is 30. The second-order valence-corrected chi connectivity index (χ2v) is 19.5. The predicted molar refractivity (Wildman–Crippen MR) is 298 cm³/mol. The SMILES string of the molecule is CC/C=C\C/C=C\C/C=C\C/C=C\CCCCC(=O)OC[C@H](COC(=O)CCCCCCC/C=C\CCCCCCCC)OC(=O)CCCCCCCCCCCCC/C=C\CCCCCCCC. The van der Waals surface area contributed by atoms with Crippen LogP contribution in [0.4, 0.5) is 0 Å². The fraction of sp³-hybridized carbons (Fsp3) is 0.762. The zero-order valence-corrected chi connectivity index (χ0v) is 45.6. The fourth-order valence-electron chi connectivity index (χ4n) is 8.25. The summed E-state index contributed by atoms with van der Waals surface area (Å²) in [5.41, 5.74) is 0. The zero-order valence-electron chi connectivity index (χ0n) is 45.6. The second-order valence-electron chi connectivity index (χ2n) is 19.5. The van der Waals surface area contributed by atoms with Crippen LogP contribution in [0.5, 0.6) is 0 Å². The molecule has 0 aliphatic carbocycles. The molecule has 1 atom stereocenters. The Labute approximate surface area is 427 Å². The van der Waals surface area contributed by atoms with Crippen molar-refractivity contribution in [3.63, 3.8) is 0 Å². The average molecular weight is 964 g/mol. The minimum Gasteiger partial charge on any atom is -0.462 e. The van der Waals surface area contributed by atoms with Crippen LogP contribution < -0.4 is 0 Å². The topological polar surface area (TPSA) is 78.9 Å². The highest BCUT2D eigenvalue weighted by Gasteiger charge is 2.19. The van der Waals surface area contributed by atoms with Gasteiger partial charge in [-0.05, 0) is 109 Å². The molecular formula is C63H110O6. The van der Waals surface area contributed by atoms with Gasteiger partial charge in [0.05, 0.1) is 0 Å². The van der Waals surface area contributed by atoms with Crippen molar-refractivity contribution in [1.82, 2.24) is 0 Å². The van der Waals surface area contributed by atoms with Crippen molar-refractivity contribution in [3.05, 3.63) is 72.9 Å². The molecule has 0 aliphatic heterocycles. The van der Waals surface area contributed by atoms with E-state index in [9.17, 15) is 14.4 Å². The Kier molecular flexibility index (Phi) is 54.8. The van der Waals surface area contributed by atoms with Crippen LogP contribution in [0.3, 0.4) is 0 Å². The Morgan fingerprint density at radius 1 is 0.304 bits per heavy atom. The molecule has 0 heterocycles. The lowest BCUT2D eigenvalue weighted by atomic mass is 10.0. The van der Waals surface area contributed by atoms with Crippen LogP contribution in [-0.2, 0) is 28.6 Å². The van der Waals surface area contributed by atoms with Gasteiger partial charge in [-0.15, -0.1) is 0 Å². The maximum absolute atomic E-state index is 12.9. The van der Waals surface area contributed by atoms with Crippen molar-refractivity contribution in [1.29, 1.82) is 0 Å². The maximum Gasteiger partial charge on any atom is 0.306 e. The molecule has 0 radical (unpaired) electrons. The first-order chi connectivity index (χ1) is 34.0. The molecule has 0 aromatic carbocycles. The molecule has 6 heteroatoms. The maximum atomic E-state index is 12.9. The Bertz CT molecular complexity index is 1290. The normalized spacial score (nSPS) is 12.6. The molecule has 0 bridgehead atoms. The number of allylic oxidation sites excluding steroid dienone is 12. The third-order valence-electron chi connectivity index (χ3n) is 12.7. The first kappa shape index (κ1) is 65.8. The summed E-state index contributed by atoms with van der Waals surface area (Å²) in [5, 5.41) is 0. The molecule has 0 unspecified atom stereocenters. The summed E-state index contributed by atoms with van der Waals surface area (Å²) in [4.78, 5) is 38.2. The van der Waals surface area contributed by atoms with Gasteiger partial charge in [0.15, 0.2) is 6.10 Å². The van der Waals surface area contributed by atoms with Crippen molar-refractivity contribution in [2.24, 2.45) is 0 Å². The van der Waals surface area contributed by atoms with E-state index < -0.39 is 6.10 Å². The fourth-order valence-corrected chi connectivity index (χ4v) is 8.25. The molecule has 0 saturated carbocycles. The van der Waals surface area contributed by atoms with Crippen molar-refractivity contribution >= 4 is 17.9 Å². The molecule has 0 rings (SSSR count). The van der Waals surface area contributed by atoms with E-state index in [0.717, 1.165) is 89.9 Å². The van der Waals surface area contributed by atoms with Gasteiger partial charge in [-0.1, -0.05) is 235 Å². The van der Waals surface area contributed by atoms with E-state index in [-0.39, 0.29) is 31.1 Å². The van der Waals surface area contributed by atoms with Crippen LogP contribution in [0.2, 0.25) is 0 Å². The molecule has 0 fully saturated rings. The first-order valence-electron chi connectivity index (χ1n) is 29.4. The minimum absolute atomic E-state index is 0.0921. The Balaban J connectivity index is 4.40. The van der Waals surface area contributed by atoms with E-state index in [4.69, 9.17) is 14.2 Å². The van der Waals surface area contributed by atoms with E-state index in [1.807, 2.05) is 0 Å². The molecule has 0 amide bonds. The van der Waals surface area contributed by atoms with Gasteiger partial charge in [-0.25, -0.2) is 0 Å². The summed E-state index contributed by atoms with van der Waals surface area (Å²) in [6, 6.07) is 0. The number of hydrogen-bond acceptors (Lipinski definition) is 6. The Morgan fingerprint density at radius 3 is 0.928 bits per heavy atom. The smallest absolute Gasteiger partial charge is 0.306 e. The van der Waals surface area contributed by atoms with Gasteiger partial charge < -0.3 is 14.2 Å².